The summed E-state index contributed by atoms with van der Waals surface area (Å²) in [5.74, 6) is -1.76. The monoisotopic (exact) mass is 426 g/mol. The van der Waals surface area contributed by atoms with E-state index >= 15 is 0 Å². The first-order chi connectivity index (χ1) is 15.5. The number of benzene rings is 1. The van der Waals surface area contributed by atoms with Gasteiger partial charge in [0, 0.05) is 26.6 Å². The van der Waals surface area contributed by atoms with Gasteiger partial charge in [0.15, 0.2) is 11.6 Å². The molecule has 9 nitrogen and oxygen atoms in total. The maximum atomic E-state index is 13.8. The first-order valence-corrected chi connectivity index (χ1v) is 9.09. The molecule has 0 saturated carbocycles. The van der Waals surface area contributed by atoms with Crippen molar-refractivity contribution in [1.82, 2.24) is 20.1 Å². The van der Waals surface area contributed by atoms with Crippen LogP contribution in [0.2, 0.25) is 0 Å². The van der Waals surface area contributed by atoms with E-state index in [0.29, 0.717) is 5.56 Å². The molecule has 1 aromatic carbocycles. The van der Waals surface area contributed by atoms with Gasteiger partial charge in [-0.15, -0.1) is 5.10 Å². The smallest absolute Gasteiger partial charge is 0.336 e. The third-order valence-electron chi connectivity index (χ3n) is 4.52. The van der Waals surface area contributed by atoms with Crippen molar-refractivity contribution in [3.63, 3.8) is 0 Å². The standard InChI is InChI=1S/C21H21FN6O3/c1-11(15-8-13(22)5-6-14(15)21(29)30)31-17-7-12(9-26-19(17)23)18-16(10-24-2)27-28(4)20(18)25-3/h5-9,11,24H,10H2,1-2,4H3,(H2,23,26)(H,29,30)/i10D2. The molecule has 1 unspecified atom stereocenters. The Balaban J connectivity index is 2.10. The number of nitrogens with two attached hydrogens (primary N) is 1. The number of aromatic nitrogens is 3. The van der Waals surface area contributed by atoms with Crippen LogP contribution in [-0.2, 0) is 13.5 Å². The van der Waals surface area contributed by atoms with Gasteiger partial charge in [-0.05, 0) is 43.8 Å². The van der Waals surface area contributed by atoms with Gasteiger partial charge >= 0.3 is 5.97 Å². The molecule has 160 valence electrons. The van der Waals surface area contributed by atoms with Crippen LogP contribution in [0.25, 0.3) is 16.0 Å². The molecule has 31 heavy (non-hydrogen) atoms. The molecular formula is C21H21FN6O3. The van der Waals surface area contributed by atoms with E-state index in [9.17, 15) is 14.3 Å². The van der Waals surface area contributed by atoms with Gasteiger partial charge in [-0.3, -0.25) is 0 Å². The van der Waals surface area contributed by atoms with Crippen LogP contribution in [0.15, 0.2) is 30.5 Å². The first-order valence-electron chi connectivity index (χ1n) is 10.1. The second-order valence-electron chi connectivity index (χ2n) is 6.56. The second kappa shape index (κ2) is 8.81. The summed E-state index contributed by atoms with van der Waals surface area (Å²) in [5, 5.41) is 16.1. The van der Waals surface area contributed by atoms with Gasteiger partial charge in [0.2, 0.25) is 0 Å². The van der Waals surface area contributed by atoms with Crippen LogP contribution in [0.5, 0.6) is 5.75 Å². The number of halogens is 1. The topological polar surface area (TPSA) is 120 Å². The number of nitrogens with one attached hydrogen (secondary N) is 1. The van der Waals surface area contributed by atoms with Gasteiger partial charge in [-0.1, -0.05) is 6.57 Å². The molecule has 0 aliphatic heterocycles. The van der Waals surface area contributed by atoms with E-state index in [-0.39, 0.29) is 39.8 Å². The van der Waals surface area contributed by atoms with Crippen LogP contribution < -0.4 is 15.8 Å². The molecule has 2 aromatic heterocycles. The molecule has 0 aliphatic rings. The zero-order valence-corrected chi connectivity index (χ0v) is 17.0. The Morgan fingerprint density at radius 3 is 2.90 bits per heavy atom. The number of carboxylic acid groups (broad SMARTS) is 1. The summed E-state index contributed by atoms with van der Waals surface area (Å²) in [4.78, 5) is 19.1. The fourth-order valence-corrected chi connectivity index (χ4v) is 3.12. The number of pyridine rings is 1. The van der Waals surface area contributed by atoms with E-state index in [1.165, 1.54) is 38.0 Å². The van der Waals surface area contributed by atoms with Crippen LogP contribution >= 0.6 is 0 Å². The van der Waals surface area contributed by atoms with Crippen LogP contribution in [0, 0.1) is 12.4 Å². The number of hydrogen-bond donors (Lipinski definition) is 3. The van der Waals surface area contributed by atoms with Gasteiger partial charge in [-0.25, -0.2) is 18.9 Å². The largest absolute Gasteiger partial charge is 0.482 e. The average Bonchev–Trinajstić information content (AvgIpc) is 3.11. The SMILES string of the molecule is [2H]C([2H])(NC)c1nn(C)c([N+]#[C-])c1-c1cnc(N)c(OC(C)c2cc(F)ccc2C(=O)O)c1. The molecule has 4 N–H and O–H groups in total. The Morgan fingerprint density at radius 2 is 2.26 bits per heavy atom. The van der Waals surface area contributed by atoms with Gasteiger partial charge in [0.25, 0.3) is 5.82 Å². The molecule has 3 rings (SSSR count). The average molecular weight is 426 g/mol. The first kappa shape index (κ1) is 19.0. The van der Waals surface area contributed by atoms with Crippen molar-refractivity contribution in [2.24, 2.45) is 7.05 Å². The van der Waals surface area contributed by atoms with Crippen molar-refractivity contribution in [2.75, 3.05) is 12.8 Å². The molecule has 0 aliphatic carbocycles. The number of ether oxygens (including phenoxy) is 1. The van der Waals surface area contributed by atoms with Gasteiger partial charge in [0.05, 0.1) is 18.3 Å². The normalized spacial score (nSPS) is 13.1. The van der Waals surface area contributed by atoms with E-state index in [1.807, 2.05) is 0 Å². The van der Waals surface area contributed by atoms with Crippen molar-refractivity contribution >= 4 is 17.6 Å². The van der Waals surface area contributed by atoms with Gasteiger partial charge in [0.1, 0.15) is 11.9 Å². The predicted octanol–water partition coefficient (Wildman–Crippen LogP) is 3.31. The minimum absolute atomic E-state index is 0.0229. The summed E-state index contributed by atoms with van der Waals surface area (Å²) in [6.07, 6.45) is 0.446. The lowest BCUT2D eigenvalue weighted by atomic mass is 10.0. The van der Waals surface area contributed by atoms with E-state index in [0.717, 1.165) is 18.2 Å². The Morgan fingerprint density at radius 1 is 1.52 bits per heavy atom. The predicted molar refractivity (Wildman–Crippen MR) is 112 cm³/mol. The van der Waals surface area contributed by atoms with Crippen LogP contribution in [-0.4, -0.2) is 32.9 Å². The minimum Gasteiger partial charge on any atom is -0.482 e. The highest BCUT2D eigenvalue weighted by molar-refractivity contribution is 5.89. The fourth-order valence-electron chi connectivity index (χ4n) is 3.12. The highest BCUT2D eigenvalue weighted by atomic mass is 19.1. The fraction of sp³-hybridized carbons (Fsp3) is 0.238. The number of anilines is 1. The molecule has 0 saturated heterocycles. The summed E-state index contributed by atoms with van der Waals surface area (Å²) in [6.45, 7) is 6.99. The van der Waals surface area contributed by atoms with E-state index in [2.05, 4.69) is 20.2 Å². The summed E-state index contributed by atoms with van der Waals surface area (Å²) in [5.41, 5.74) is 6.42. The van der Waals surface area contributed by atoms with E-state index in [4.69, 9.17) is 19.8 Å². The molecule has 0 spiro atoms. The third-order valence-corrected chi connectivity index (χ3v) is 4.52. The van der Waals surface area contributed by atoms with Crippen molar-refractivity contribution in [2.45, 2.75) is 19.5 Å². The number of carbonyl (C=O) groups is 1. The summed E-state index contributed by atoms with van der Waals surface area (Å²) >= 11 is 0. The van der Waals surface area contributed by atoms with Crippen molar-refractivity contribution in [1.29, 1.82) is 0 Å². The van der Waals surface area contributed by atoms with Crippen LogP contribution in [0.4, 0.5) is 16.0 Å². The van der Waals surface area contributed by atoms with Crippen LogP contribution in [0.1, 0.15) is 37.4 Å². The highest BCUT2D eigenvalue weighted by Gasteiger charge is 2.22. The lowest BCUT2D eigenvalue weighted by Gasteiger charge is -2.18. The zero-order valence-electron chi connectivity index (χ0n) is 19.0. The highest BCUT2D eigenvalue weighted by Crippen LogP contribution is 2.37. The Bertz CT molecular complexity index is 1270. The van der Waals surface area contributed by atoms with E-state index in [1.54, 1.807) is 0 Å². The summed E-state index contributed by atoms with van der Waals surface area (Å²) in [7, 11) is 2.94. The number of rotatable bonds is 7. The van der Waals surface area contributed by atoms with Gasteiger partial charge in [-0.2, -0.15) is 0 Å². The summed E-state index contributed by atoms with van der Waals surface area (Å²) < 4.78 is 37.3. The number of aromatic carboxylic acids is 1. The van der Waals surface area contributed by atoms with Crippen molar-refractivity contribution in [3.8, 4) is 16.9 Å². The summed E-state index contributed by atoms with van der Waals surface area (Å²) in [6, 6.07) is 4.72. The number of carboxylic acids is 1. The maximum Gasteiger partial charge on any atom is 0.336 e. The number of nitrogens with zero attached hydrogens (tertiary/aromatic N) is 4. The zero-order chi connectivity index (χ0) is 24.5. The minimum atomic E-state index is -2.05. The van der Waals surface area contributed by atoms with Crippen molar-refractivity contribution in [3.05, 3.63) is 64.5 Å². The molecule has 1 atom stereocenters. The third kappa shape index (κ3) is 4.31. The molecule has 2 heterocycles. The molecule has 0 radical (unpaired) electrons. The lowest BCUT2D eigenvalue weighted by molar-refractivity contribution is 0.0691. The van der Waals surface area contributed by atoms with E-state index < -0.39 is 24.4 Å². The number of nitrogen functional groups attached to an aromatic ring is 1. The molecule has 0 fully saturated rings. The Labute approximate surface area is 180 Å². The van der Waals surface area contributed by atoms with Crippen LogP contribution in [0.3, 0.4) is 0 Å². The molecular weight excluding hydrogens is 403 g/mol. The Hall–Kier alpha value is -3.97. The number of hydrogen-bond acceptors (Lipinski definition) is 6. The lowest BCUT2D eigenvalue weighted by Crippen LogP contribution is -2.12. The maximum absolute atomic E-state index is 13.8. The molecule has 0 bridgehead atoms. The van der Waals surface area contributed by atoms with Crippen molar-refractivity contribution < 1.29 is 21.8 Å². The van der Waals surface area contributed by atoms with Gasteiger partial charge < -0.3 is 25.7 Å². The Kier molecular flexibility index (Phi) is 5.40. The quantitative estimate of drug-likeness (QED) is 0.496. The molecule has 0 amide bonds. The molecule has 3 aromatic rings. The molecule has 10 heteroatoms. The second-order valence-corrected chi connectivity index (χ2v) is 6.56. The number of aryl methyl sites for hydroxylation is 1.